The van der Waals surface area contributed by atoms with E-state index >= 15 is 0 Å². The number of benzene rings is 1. The van der Waals surface area contributed by atoms with Gasteiger partial charge in [0, 0.05) is 50.2 Å². The number of hydrogen-bond acceptors (Lipinski definition) is 6. The maximum Gasteiger partial charge on any atom is 0.249 e. The Kier molecular flexibility index (Phi) is 5.76. The highest BCUT2D eigenvalue weighted by molar-refractivity contribution is 5.81. The fraction of sp³-hybridized carbons (Fsp3) is 0.400. The molecule has 3 aromatic rings. The lowest BCUT2D eigenvalue weighted by atomic mass is 9.94. The number of pyridine rings is 1. The van der Waals surface area contributed by atoms with Crippen molar-refractivity contribution in [3.63, 3.8) is 0 Å². The number of nitrogens with zero attached hydrogens (tertiary/aromatic N) is 2. The molecule has 7 nitrogen and oxygen atoms in total. The number of ether oxygens (including phenoxy) is 1. The van der Waals surface area contributed by atoms with Gasteiger partial charge >= 0.3 is 0 Å². The van der Waals surface area contributed by atoms with Crippen LogP contribution < -0.4 is 10.7 Å². The minimum atomic E-state index is -0.327. The summed E-state index contributed by atoms with van der Waals surface area (Å²) in [7, 11) is 0. The first-order valence-electron chi connectivity index (χ1n) is 11.2. The SMILES string of the molecule is Cc1ncc2c(c1CNC(=O)C1CCCO1)CCN(Cc1coc3ccccc3c1=O)C2. The average molecular weight is 434 g/mol. The van der Waals surface area contributed by atoms with Gasteiger partial charge in [-0.25, -0.2) is 0 Å². The van der Waals surface area contributed by atoms with Crippen LogP contribution in [0.15, 0.2) is 45.9 Å². The number of fused-ring (bicyclic) bond motifs is 2. The van der Waals surface area contributed by atoms with Crippen LogP contribution in [0, 0.1) is 6.92 Å². The second-order valence-electron chi connectivity index (χ2n) is 8.59. The van der Waals surface area contributed by atoms with E-state index in [0.717, 1.165) is 42.6 Å². The summed E-state index contributed by atoms with van der Waals surface area (Å²) in [4.78, 5) is 32.1. The van der Waals surface area contributed by atoms with Crippen molar-refractivity contribution in [3.05, 3.63) is 74.9 Å². The number of carbonyl (C=O) groups excluding carboxylic acids is 1. The highest BCUT2D eigenvalue weighted by atomic mass is 16.5. The van der Waals surface area contributed by atoms with Crippen molar-refractivity contribution < 1.29 is 13.9 Å². The van der Waals surface area contributed by atoms with Crippen molar-refractivity contribution in [1.82, 2.24) is 15.2 Å². The van der Waals surface area contributed by atoms with Gasteiger partial charge in [-0.2, -0.15) is 0 Å². The predicted molar refractivity (Wildman–Crippen MR) is 120 cm³/mol. The molecule has 7 heteroatoms. The number of rotatable bonds is 5. The summed E-state index contributed by atoms with van der Waals surface area (Å²) in [6.45, 7) is 5.18. The van der Waals surface area contributed by atoms with E-state index in [1.807, 2.05) is 31.3 Å². The lowest BCUT2D eigenvalue weighted by Crippen LogP contribution is -2.36. The van der Waals surface area contributed by atoms with Gasteiger partial charge in [0.15, 0.2) is 5.43 Å². The molecule has 0 bridgehead atoms. The summed E-state index contributed by atoms with van der Waals surface area (Å²) < 4.78 is 11.2. The van der Waals surface area contributed by atoms with E-state index in [0.29, 0.717) is 42.8 Å². The molecular formula is C25H27N3O4. The Morgan fingerprint density at radius 3 is 3.03 bits per heavy atom. The molecule has 1 unspecified atom stereocenters. The zero-order valence-electron chi connectivity index (χ0n) is 18.2. The molecule has 0 spiro atoms. The largest absolute Gasteiger partial charge is 0.464 e. The number of hydrogen-bond donors (Lipinski definition) is 1. The van der Waals surface area contributed by atoms with Crippen LogP contribution in [-0.2, 0) is 35.6 Å². The summed E-state index contributed by atoms with van der Waals surface area (Å²) in [6.07, 6.45) is 5.75. The van der Waals surface area contributed by atoms with Gasteiger partial charge in [0.05, 0.1) is 11.6 Å². The molecule has 32 heavy (non-hydrogen) atoms. The maximum atomic E-state index is 12.9. The van der Waals surface area contributed by atoms with Gasteiger partial charge in [0.1, 0.15) is 11.7 Å². The first-order chi connectivity index (χ1) is 15.6. The Balaban J connectivity index is 1.31. The number of aryl methyl sites for hydroxylation is 1. The molecule has 2 aromatic heterocycles. The average Bonchev–Trinajstić information content (AvgIpc) is 3.35. The van der Waals surface area contributed by atoms with Crippen LogP contribution >= 0.6 is 0 Å². The van der Waals surface area contributed by atoms with Crippen LogP contribution in [0.5, 0.6) is 0 Å². The monoisotopic (exact) mass is 433 g/mol. The Hall–Kier alpha value is -3.03. The van der Waals surface area contributed by atoms with Gasteiger partial charge < -0.3 is 14.5 Å². The molecule has 1 saturated heterocycles. The van der Waals surface area contributed by atoms with E-state index < -0.39 is 0 Å². The van der Waals surface area contributed by atoms with Crippen molar-refractivity contribution in [1.29, 1.82) is 0 Å². The number of amides is 1. The van der Waals surface area contributed by atoms with Crippen molar-refractivity contribution in [3.8, 4) is 0 Å². The van der Waals surface area contributed by atoms with Gasteiger partial charge in [-0.1, -0.05) is 12.1 Å². The third-order valence-corrected chi connectivity index (χ3v) is 6.48. The van der Waals surface area contributed by atoms with Crippen molar-refractivity contribution >= 4 is 16.9 Å². The molecule has 2 aliphatic rings. The van der Waals surface area contributed by atoms with Crippen LogP contribution in [0.2, 0.25) is 0 Å². The fourth-order valence-electron chi connectivity index (χ4n) is 4.69. The molecule has 166 valence electrons. The van der Waals surface area contributed by atoms with Crippen LogP contribution in [-0.4, -0.2) is 35.0 Å². The topological polar surface area (TPSA) is 84.7 Å². The van der Waals surface area contributed by atoms with Crippen molar-refractivity contribution in [2.75, 3.05) is 13.2 Å². The maximum absolute atomic E-state index is 12.9. The minimum Gasteiger partial charge on any atom is -0.464 e. The molecule has 1 aromatic carbocycles. The van der Waals surface area contributed by atoms with Crippen molar-refractivity contribution in [2.45, 2.75) is 51.9 Å². The van der Waals surface area contributed by atoms with Crippen LogP contribution in [0.1, 0.15) is 40.8 Å². The number of aromatic nitrogens is 1. The molecule has 1 amide bonds. The van der Waals surface area contributed by atoms with E-state index in [4.69, 9.17) is 9.15 Å². The summed E-state index contributed by atoms with van der Waals surface area (Å²) in [5, 5.41) is 3.65. The first-order valence-corrected chi connectivity index (χ1v) is 11.2. The summed E-state index contributed by atoms with van der Waals surface area (Å²) in [5.74, 6) is -0.0417. The second-order valence-corrected chi connectivity index (χ2v) is 8.59. The zero-order chi connectivity index (χ0) is 22.1. The standard InChI is InChI=1S/C25H27N3O4/c1-16-21(12-27-25(30)23-7-4-10-31-23)19-8-9-28(13-17(19)11-26-16)14-18-15-32-22-6-3-2-5-20(22)24(18)29/h2-3,5-6,11,15,23H,4,7-10,12-14H2,1H3,(H,27,30). The summed E-state index contributed by atoms with van der Waals surface area (Å²) >= 11 is 0. The van der Waals surface area contributed by atoms with Gasteiger partial charge in [-0.05, 0) is 55.0 Å². The molecule has 0 radical (unpaired) electrons. The van der Waals surface area contributed by atoms with E-state index in [1.54, 1.807) is 12.3 Å². The lowest BCUT2D eigenvalue weighted by Gasteiger charge is -2.30. The molecule has 4 heterocycles. The number of carbonyl (C=O) groups is 1. The molecular weight excluding hydrogens is 406 g/mol. The Labute approximate surface area is 186 Å². The highest BCUT2D eigenvalue weighted by Crippen LogP contribution is 2.25. The van der Waals surface area contributed by atoms with Crippen molar-refractivity contribution in [2.24, 2.45) is 0 Å². The Morgan fingerprint density at radius 2 is 2.19 bits per heavy atom. The molecule has 5 rings (SSSR count). The van der Waals surface area contributed by atoms with E-state index in [2.05, 4.69) is 15.2 Å². The third kappa shape index (κ3) is 4.06. The van der Waals surface area contributed by atoms with E-state index in [-0.39, 0.29) is 17.4 Å². The van der Waals surface area contributed by atoms with Crippen LogP contribution in [0.25, 0.3) is 11.0 Å². The Bertz CT molecular complexity index is 1210. The van der Waals surface area contributed by atoms with E-state index in [1.165, 1.54) is 5.56 Å². The molecule has 1 N–H and O–H groups in total. The molecule has 0 saturated carbocycles. The Morgan fingerprint density at radius 1 is 1.31 bits per heavy atom. The lowest BCUT2D eigenvalue weighted by molar-refractivity contribution is -0.130. The molecule has 1 fully saturated rings. The first kappa shape index (κ1) is 20.8. The minimum absolute atomic E-state index is 0.0252. The second kappa shape index (κ2) is 8.84. The molecule has 1 atom stereocenters. The molecule has 2 aliphatic heterocycles. The zero-order valence-corrected chi connectivity index (χ0v) is 18.2. The van der Waals surface area contributed by atoms with Crippen LogP contribution in [0.4, 0.5) is 0 Å². The normalized spacial score (nSPS) is 18.6. The van der Waals surface area contributed by atoms with Gasteiger partial charge in [-0.15, -0.1) is 0 Å². The fourth-order valence-corrected chi connectivity index (χ4v) is 4.69. The summed E-state index contributed by atoms with van der Waals surface area (Å²) in [5.41, 5.74) is 5.74. The van der Waals surface area contributed by atoms with Gasteiger partial charge in [-0.3, -0.25) is 19.5 Å². The van der Waals surface area contributed by atoms with Gasteiger partial charge in [0.2, 0.25) is 5.91 Å². The molecule has 0 aliphatic carbocycles. The number of nitrogens with one attached hydrogen (secondary N) is 1. The van der Waals surface area contributed by atoms with E-state index in [9.17, 15) is 9.59 Å². The smallest absolute Gasteiger partial charge is 0.249 e. The third-order valence-electron chi connectivity index (χ3n) is 6.48. The highest BCUT2D eigenvalue weighted by Gasteiger charge is 2.25. The predicted octanol–water partition coefficient (Wildman–Crippen LogP) is 2.85. The summed E-state index contributed by atoms with van der Waals surface area (Å²) in [6, 6.07) is 7.33. The quantitative estimate of drug-likeness (QED) is 0.666. The van der Waals surface area contributed by atoms with Gasteiger partial charge in [0.25, 0.3) is 0 Å². The van der Waals surface area contributed by atoms with Crippen LogP contribution in [0.3, 0.4) is 0 Å². The number of para-hydroxylation sites is 1.